The zero-order valence-corrected chi connectivity index (χ0v) is 20.5. The van der Waals surface area contributed by atoms with Gasteiger partial charge < -0.3 is 9.47 Å². The monoisotopic (exact) mass is 498 g/mol. The van der Waals surface area contributed by atoms with Gasteiger partial charge >= 0.3 is 5.97 Å². The first-order valence-electron chi connectivity index (χ1n) is 12.7. The highest BCUT2D eigenvalue weighted by molar-refractivity contribution is 5.91. The van der Waals surface area contributed by atoms with E-state index >= 15 is 4.39 Å². The zero-order valence-electron chi connectivity index (χ0n) is 20.5. The van der Waals surface area contributed by atoms with Gasteiger partial charge in [0.1, 0.15) is 18.2 Å². The number of carbonyl (C=O) groups is 1. The van der Waals surface area contributed by atoms with Crippen LogP contribution in [-0.2, 0) is 0 Å². The van der Waals surface area contributed by atoms with Gasteiger partial charge in [-0.3, -0.25) is 0 Å². The molecule has 0 radical (unpaired) electrons. The van der Waals surface area contributed by atoms with E-state index in [1.165, 1.54) is 37.8 Å². The van der Waals surface area contributed by atoms with Gasteiger partial charge in [-0.15, -0.1) is 6.58 Å². The fraction of sp³-hybridized carbons (Fsp3) is 0.433. The number of esters is 1. The van der Waals surface area contributed by atoms with Crippen molar-refractivity contribution in [2.45, 2.75) is 57.3 Å². The Hall–Kier alpha value is -3.02. The summed E-state index contributed by atoms with van der Waals surface area (Å²) in [5, 5.41) is 0. The van der Waals surface area contributed by atoms with Gasteiger partial charge in [-0.1, -0.05) is 31.2 Å². The van der Waals surface area contributed by atoms with Crippen molar-refractivity contribution in [2.24, 2.45) is 17.8 Å². The maximum atomic E-state index is 15.1. The minimum absolute atomic E-state index is 0.0135. The Balaban J connectivity index is 1.39. The van der Waals surface area contributed by atoms with Gasteiger partial charge in [0, 0.05) is 12.1 Å². The molecule has 4 atom stereocenters. The number of ether oxygens (including phenoxy) is 2. The van der Waals surface area contributed by atoms with Crippen LogP contribution in [0, 0.1) is 35.2 Å². The van der Waals surface area contributed by atoms with Crippen LogP contribution in [0.3, 0.4) is 0 Å². The van der Waals surface area contributed by atoms with E-state index in [2.05, 4.69) is 13.2 Å². The van der Waals surface area contributed by atoms with Gasteiger partial charge in [-0.25, -0.2) is 18.0 Å². The highest BCUT2D eigenvalue weighted by Crippen LogP contribution is 2.48. The van der Waals surface area contributed by atoms with E-state index in [0.29, 0.717) is 11.5 Å². The lowest BCUT2D eigenvalue weighted by Gasteiger charge is -2.42. The lowest BCUT2D eigenvalue weighted by atomic mass is 9.63. The number of allylic oxidation sites excluding steroid dienone is 1. The molecule has 6 heteroatoms. The summed E-state index contributed by atoms with van der Waals surface area (Å²) in [6.07, 6.45) is 12.3. The number of halogens is 3. The van der Waals surface area contributed by atoms with Crippen LogP contribution in [-0.4, -0.2) is 12.6 Å². The third-order valence-corrected chi connectivity index (χ3v) is 7.70. The van der Waals surface area contributed by atoms with Crippen molar-refractivity contribution in [1.82, 2.24) is 0 Å². The molecule has 2 aliphatic carbocycles. The number of hydrogen-bond acceptors (Lipinski definition) is 3. The van der Waals surface area contributed by atoms with Gasteiger partial charge in [0.15, 0.2) is 17.4 Å². The second kappa shape index (κ2) is 11.8. The summed E-state index contributed by atoms with van der Waals surface area (Å²) in [4.78, 5) is 12.5. The fourth-order valence-corrected chi connectivity index (χ4v) is 5.91. The summed E-state index contributed by atoms with van der Waals surface area (Å²) in [6.45, 7) is 7.19. The van der Waals surface area contributed by atoms with Crippen molar-refractivity contribution in [3.63, 3.8) is 0 Å². The Morgan fingerprint density at radius 1 is 0.917 bits per heavy atom. The molecule has 192 valence electrons. The molecule has 0 aromatic heterocycles. The van der Waals surface area contributed by atoms with Crippen LogP contribution in [0.1, 0.15) is 73.2 Å². The van der Waals surface area contributed by atoms with Crippen LogP contribution in [0.4, 0.5) is 13.2 Å². The first kappa shape index (κ1) is 26.1. The van der Waals surface area contributed by atoms with E-state index in [9.17, 15) is 13.6 Å². The van der Waals surface area contributed by atoms with E-state index < -0.39 is 29.2 Å². The van der Waals surface area contributed by atoms with Crippen molar-refractivity contribution >= 4 is 5.97 Å². The SMILES string of the molecule is C=CCCC1CCC2CC(c3ccc(C(=O)Oc4cc(F)c(OCC=C)c(F)c4)cc3F)CCC2C1. The largest absolute Gasteiger partial charge is 0.483 e. The molecule has 3 nitrogen and oxygen atoms in total. The van der Waals surface area contributed by atoms with Crippen molar-refractivity contribution in [3.05, 3.63) is 84.2 Å². The topological polar surface area (TPSA) is 35.5 Å². The average Bonchev–Trinajstić information content (AvgIpc) is 2.86. The number of hydrogen-bond donors (Lipinski definition) is 0. The van der Waals surface area contributed by atoms with Gasteiger partial charge in [0.05, 0.1) is 5.56 Å². The molecular formula is C30H33F3O3. The Morgan fingerprint density at radius 2 is 1.64 bits per heavy atom. The summed E-state index contributed by atoms with van der Waals surface area (Å²) in [5.74, 6) is -2.00. The first-order valence-corrected chi connectivity index (χ1v) is 12.7. The van der Waals surface area contributed by atoms with E-state index in [0.717, 1.165) is 55.7 Å². The summed E-state index contributed by atoms with van der Waals surface area (Å²) in [7, 11) is 0. The van der Waals surface area contributed by atoms with Crippen molar-refractivity contribution in [3.8, 4) is 11.5 Å². The molecule has 2 aromatic carbocycles. The van der Waals surface area contributed by atoms with E-state index in [1.54, 1.807) is 6.07 Å². The van der Waals surface area contributed by atoms with Crippen molar-refractivity contribution in [1.29, 1.82) is 0 Å². The van der Waals surface area contributed by atoms with Crippen LogP contribution >= 0.6 is 0 Å². The van der Waals surface area contributed by atoms with Gasteiger partial charge in [-0.2, -0.15) is 0 Å². The molecule has 0 aliphatic heterocycles. The molecule has 2 saturated carbocycles. The van der Waals surface area contributed by atoms with Crippen LogP contribution in [0.25, 0.3) is 0 Å². The lowest BCUT2D eigenvalue weighted by molar-refractivity contribution is 0.0733. The van der Waals surface area contributed by atoms with Gasteiger partial charge in [0.25, 0.3) is 0 Å². The molecule has 2 aliphatic rings. The molecule has 4 unspecified atom stereocenters. The fourth-order valence-electron chi connectivity index (χ4n) is 5.91. The third kappa shape index (κ3) is 6.03. The molecule has 36 heavy (non-hydrogen) atoms. The first-order chi connectivity index (χ1) is 17.4. The second-order valence-electron chi connectivity index (χ2n) is 10.0. The molecule has 4 rings (SSSR count). The highest BCUT2D eigenvalue weighted by atomic mass is 19.1. The van der Waals surface area contributed by atoms with Crippen LogP contribution in [0.15, 0.2) is 55.6 Å². The third-order valence-electron chi connectivity index (χ3n) is 7.70. The number of rotatable bonds is 9. The molecular weight excluding hydrogens is 465 g/mol. The van der Waals surface area contributed by atoms with Gasteiger partial charge in [0.2, 0.25) is 0 Å². The van der Waals surface area contributed by atoms with E-state index in [1.807, 2.05) is 6.08 Å². The smallest absolute Gasteiger partial charge is 0.343 e. The molecule has 0 amide bonds. The van der Waals surface area contributed by atoms with Crippen LogP contribution in [0.5, 0.6) is 11.5 Å². The normalized spacial score (nSPS) is 23.4. The molecule has 2 fully saturated rings. The standard InChI is InChI=1S/C30H33F3O3/c1-3-5-6-19-7-8-21-15-22(10-9-20(21)14-19)25-12-11-23(16-26(25)31)30(34)36-24-17-27(32)29(28(33)18-24)35-13-4-2/h3-4,11-12,16-22H,1-2,5-10,13-15H2. The van der Waals surface area contributed by atoms with E-state index in [4.69, 9.17) is 9.47 Å². The number of benzene rings is 2. The van der Waals surface area contributed by atoms with Crippen LogP contribution < -0.4 is 9.47 Å². The Labute approximate surface area is 211 Å². The molecule has 0 heterocycles. The van der Waals surface area contributed by atoms with Crippen LogP contribution in [0.2, 0.25) is 0 Å². The Bertz CT molecular complexity index is 1090. The molecule has 0 N–H and O–H groups in total. The Morgan fingerprint density at radius 3 is 2.33 bits per heavy atom. The van der Waals surface area contributed by atoms with Gasteiger partial charge in [-0.05, 0) is 86.3 Å². The highest BCUT2D eigenvalue weighted by Gasteiger charge is 2.36. The summed E-state index contributed by atoms with van der Waals surface area (Å²) in [6, 6.07) is 6.04. The minimum atomic E-state index is -1.01. The Kier molecular flexibility index (Phi) is 8.55. The van der Waals surface area contributed by atoms with E-state index in [-0.39, 0.29) is 23.8 Å². The summed E-state index contributed by atoms with van der Waals surface area (Å²) < 4.78 is 53.4. The number of fused-ring (bicyclic) bond motifs is 1. The molecule has 0 saturated heterocycles. The summed E-state index contributed by atoms with van der Waals surface area (Å²) in [5.41, 5.74) is 0.611. The predicted octanol–water partition coefficient (Wildman–Crippen LogP) is 8.15. The summed E-state index contributed by atoms with van der Waals surface area (Å²) >= 11 is 0. The van der Waals surface area contributed by atoms with Crippen molar-refractivity contribution < 1.29 is 27.4 Å². The van der Waals surface area contributed by atoms with Crippen molar-refractivity contribution in [2.75, 3.05) is 6.61 Å². The lowest BCUT2D eigenvalue weighted by Crippen LogP contribution is -2.30. The number of carbonyl (C=O) groups excluding carboxylic acids is 1. The maximum absolute atomic E-state index is 15.1. The minimum Gasteiger partial charge on any atom is -0.483 e. The molecule has 2 aromatic rings. The quantitative estimate of drug-likeness (QED) is 0.199. The maximum Gasteiger partial charge on any atom is 0.343 e. The second-order valence-corrected chi connectivity index (χ2v) is 10.0. The zero-order chi connectivity index (χ0) is 25.7. The molecule has 0 bridgehead atoms. The average molecular weight is 499 g/mol. The predicted molar refractivity (Wildman–Crippen MR) is 134 cm³/mol. The molecule has 0 spiro atoms.